The van der Waals surface area contributed by atoms with Gasteiger partial charge in [0.25, 0.3) is 0 Å². The number of hydrogen-bond donors (Lipinski definition) is 1. The Kier molecular flexibility index (Phi) is 3.31. The summed E-state index contributed by atoms with van der Waals surface area (Å²) in [5.74, 6) is 0. The molecule has 1 aliphatic heterocycles. The molecule has 1 aliphatic rings. The lowest BCUT2D eigenvalue weighted by Crippen LogP contribution is -2.40. The largest absolute Gasteiger partial charge is 0.361 e. The van der Waals surface area contributed by atoms with Crippen LogP contribution in [0.25, 0.3) is 0 Å². The van der Waals surface area contributed by atoms with Crippen molar-refractivity contribution < 1.29 is 4.74 Å². The molecule has 1 aromatic rings. The van der Waals surface area contributed by atoms with Crippen LogP contribution in [0, 0.1) is 5.41 Å². The maximum Gasteiger partial charge on any atom is 0.113 e. The fourth-order valence-electron chi connectivity index (χ4n) is 2.04. The number of rotatable bonds is 2. The van der Waals surface area contributed by atoms with Crippen molar-refractivity contribution in [3.8, 4) is 0 Å². The molecule has 0 amide bonds. The Labute approximate surface area is 98.0 Å². The van der Waals surface area contributed by atoms with E-state index in [0.29, 0.717) is 6.04 Å². The van der Waals surface area contributed by atoms with Gasteiger partial charge in [-0.25, -0.2) is 0 Å². The van der Waals surface area contributed by atoms with Crippen LogP contribution >= 0.6 is 0 Å². The molecule has 2 atom stereocenters. The molecule has 0 saturated carbocycles. The van der Waals surface area contributed by atoms with Crippen molar-refractivity contribution in [1.29, 1.82) is 0 Å². The molecule has 0 aliphatic carbocycles. The third-order valence-electron chi connectivity index (χ3n) is 2.96. The molecule has 2 nitrogen and oxygen atoms in total. The Morgan fingerprint density at radius 2 is 1.94 bits per heavy atom. The molecule has 0 radical (unpaired) electrons. The van der Waals surface area contributed by atoms with Crippen molar-refractivity contribution in [1.82, 2.24) is 5.32 Å². The van der Waals surface area contributed by atoms with Gasteiger partial charge in [-0.1, -0.05) is 51.1 Å². The zero-order chi connectivity index (χ0) is 11.6. The van der Waals surface area contributed by atoms with E-state index in [1.54, 1.807) is 0 Å². The zero-order valence-electron chi connectivity index (χ0n) is 10.4. The Balaban J connectivity index is 1.91. The monoisotopic (exact) mass is 219 g/mol. The molecule has 1 fully saturated rings. The molecule has 1 saturated heterocycles. The molecule has 2 heteroatoms. The van der Waals surface area contributed by atoms with Gasteiger partial charge >= 0.3 is 0 Å². The van der Waals surface area contributed by atoms with Gasteiger partial charge < -0.3 is 4.74 Å². The average molecular weight is 219 g/mol. The first kappa shape index (κ1) is 11.6. The molecule has 0 bridgehead atoms. The molecule has 0 aromatic heterocycles. The Morgan fingerprint density at radius 1 is 1.25 bits per heavy atom. The number of ether oxygens (including phenoxy) is 1. The Morgan fingerprint density at radius 3 is 2.50 bits per heavy atom. The number of hydrogen-bond acceptors (Lipinski definition) is 2. The normalized spacial score (nSPS) is 25.9. The molecule has 0 spiro atoms. The number of nitrogens with one attached hydrogen (secondary N) is 1. The average Bonchev–Trinajstić information content (AvgIpc) is 2.67. The highest BCUT2D eigenvalue weighted by atomic mass is 16.5. The molecule has 1 unspecified atom stereocenters. The first-order valence-corrected chi connectivity index (χ1v) is 5.97. The predicted octanol–water partition coefficient (Wildman–Crippen LogP) is 2.59. The van der Waals surface area contributed by atoms with Crippen LogP contribution in [-0.4, -0.2) is 18.9 Å². The van der Waals surface area contributed by atoms with Gasteiger partial charge in [0.2, 0.25) is 0 Å². The summed E-state index contributed by atoms with van der Waals surface area (Å²) in [6, 6.07) is 11.0. The van der Waals surface area contributed by atoms with E-state index >= 15 is 0 Å². The summed E-state index contributed by atoms with van der Waals surface area (Å²) in [6.07, 6.45) is 1.23. The molecule has 1 aromatic carbocycles. The van der Waals surface area contributed by atoms with Crippen LogP contribution in [0.3, 0.4) is 0 Å². The highest BCUT2D eigenvalue weighted by Crippen LogP contribution is 2.24. The van der Waals surface area contributed by atoms with Crippen LogP contribution in [0.5, 0.6) is 0 Å². The van der Waals surface area contributed by atoms with Crippen molar-refractivity contribution in [3.63, 3.8) is 0 Å². The van der Waals surface area contributed by atoms with E-state index in [4.69, 9.17) is 4.74 Å². The van der Waals surface area contributed by atoms with Crippen LogP contribution in [0.15, 0.2) is 30.3 Å². The van der Waals surface area contributed by atoms with E-state index < -0.39 is 0 Å². The van der Waals surface area contributed by atoms with E-state index in [2.05, 4.69) is 56.4 Å². The molecular formula is C14H21NO. The van der Waals surface area contributed by atoms with Crippen LogP contribution in [0.1, 0.15) is 26.3 Å². The van der Waals surface area contributed by atoms with E-state index in [9.17, 15) is 0 Å². The minimum Gasteiger partial charge on any atom is -0.361 e. The van der Waals surface area contributed by atoms with Gasteiger partial charge in [0.15, 0.2) is 0 Å². The van der Waals surface area contributed by atoms with Crippen molar-refractivity contribution in [3.05, 3.63) is 35.9 Å². The zero-order valence-corrected chi connectivity index (χ0v) is 10.4. The topological polar surface area (TPSA) is 21.3 Å². The molecule has 16 heavy (non-hydrogen) atoms. The second-order valence-electron chi connectivity index (χ2n) is 5.63. The first-order valence-electron chi connectivity index (χ1n) is 5.97. The predicted molar refractivity (Wildman–Crippen MR) is 66.3 cm³/mol. The van der Waals surface area contributed by atoms with E-state index in [1.807, 2.05) is 0 Å². The highest BCUT2D eigenvalue weighted by Gasteiger charge is 2.33. The van der Waals surface area contributed by atoms with Gasteiger partial charge in [-0.2, -0.15) is 0 Å². The molecule has 1 heterocycles. The number of benzene rings is 1. The van der Waals surface area contributed by atoms with E-state index in [1.165, 1.54) is 5.56 Å². The van der Waals surface area contributed by atoms with Gasteiger partial charge in [-0.3, -0.25) is 5.32 Å². The Hall–Kier alpha value is -0.860. The third-order valence-corrected chi connectivity index (χ3v) is 2.96. The quantitative estimate of drug-likeness (QED) is 0.825. The highest BCUT2D eigenvalue weighted by molar-refractivity contribution is 5.16. The second kappa shape index (κ2) is 4.56. The van der Waals surface area contributed by atoms with Crippen molar-refractivity contribution in [2.24, 2.45) is 5.41 Å². The summed E-state index contributed by atoms with van der Waals surface area (Å²) in [5.41, 5.74) is 1.55. The minimum atomic E-state index is 0.172. The molecule has 88 valence electrons. The van der Waals surface area contributed by atoms with Crippen LogP contribution in [0.4, 0.5) is 0 Å². The fraction of sp³-hybridized carbons (Fsp3) is 0.571. The SMILES string of the molecule is CC(C)(C)C1N[C@@H](Cc2ccccc2)CO1. The maximum atomic E-state index is 5.79. The van der Waals surface area contributed by atoms with Gasteiger partial charge in [0, 0.05) is 11.5 Å². The van der Waals surface area contributed by atoms with Gasteiger partial charge in [-0.05, 0) is 12.0 Å². The van der Waals surface area contributed by atoms with Crippen LogP contribution in [-0.2, 0) is 11.2 Å². The van der Waals surface area contributed by atoms with E-state index in [0.717, 1.165) is 13.0 Å². The smallest absolute Gasteiger partial charge is 0.113 e. The summed E-state index contributed by atoms with van der Waals surface area (Å²) < 4.78 is 5.79. The van der Waals surface area contributed by atoms with Crippen LogP contribution < -0.4 is 5.32 Å². The molecule has 1 N–H and O–H groups in total. The lowest BCUT2D eigenvalue weighted by atomic mass is 9.94. The Bertz CT molecular complexity index is 328. The minimum absolute atomic E-state index is 0.172. The lowest BCUT2D eigenvalue weighted by molar-refractivity contribution is 0.0173. The van der Waals surface area contributed by atoms with Crippen molar-refractivity contribution >= 4 is 0 Å². The first-order chi connectivity index (χ1) is 7.55. The van der Waals surface area contributed by atoms with E-state index in [-0.39, 0.29) is 11.6 Å². The van der Waals surface area contributed by atoms with Crippen molar-refractivity contribution in [2.45, 2.75) is 39.5 Å². The summed E-state index contributed by atoms with van der Waals surface area (Å²) in [5, 5.41) is 3.56. The van der Waals surface area contributed by atoms with Crippen molar-refractivity contribution in [2.75, 3.05) is 6.61 Å². The molecular weight excluding hydrogens is 198 g/mol. The van der Waals surface area contributed by atoms with Gasteiger partial charge in [0.1, 0.15) is 6.23 Å². The fourth-order valence-corrected chi connectivity index (χ4v) is 2.04. The molecule has 2 rings (SSSR count). The summed E-state index contributed by atoms with van der Waals surface area (Å²) in [6.45, 7) is 7.43. The standard InChI is InChI=1S/C14H21NO/c1-14(2,3)13-15-12(10-16-13)9-11-7-5-4-6-8-11/h4-8,12-13,15H,9-10H2,1-3H3/t12-,13?/m0/s1. The summed E-state index contributed by atoms with van der Waals surface area (Å²) in [4.78, 5) is 0. The van der Waals surface area contributed by atoms with Gasteiger partial charge in [0.05, 0.1) is 6.61 Å². The van der Waals surface area contributed by atoms with Gasteiger partial charge in [-0.15, -0.1) is 0 Å². The third kappa shape index (κ3) is 2.83. The summed E-state index contributed by atoms with van der Waals surface area (Å²) >= 11 is 0. The lowest BCUT2D eigenvalue weighted by Gasteiger charge is -2.26. The summed E-state index contributed by atoms with van der Waals surface area (Å²) in [7, 11) is 0. The van der Waals surface area contributed by atoms with Crippen LogP contribution in [0.2, 0.25) is 0 Å². The maximum absolute atomic E-state index is 5.79. The second-order valence-corrected chi connectivity index (χ2v) is 5.63.